The zero-order valence-electron chi connectivity index (χ0n) is 15.8. The second-order valence-electron chi connectivity index (χ2n) is 8.43. The number of carboxylic acid groups (broad SMARTS) is 1. The average Bonchev–Trinajstić information content (AvgIpc) is 3.41. The van der Waals surface area contributed by atoms with E-state index in [0.29, 0.717) is 23.1 Å². The third kappa shape index (κ3) is 2.64. The van der Waals surface area contributed by atoms with Crippen LogP contribution < -0.4 is 16.1 Å². The highest BCUT2D eigenvalue weighted by atomic mass is 16.4. The summed E-state index contributed by atoms with van der Waals surface area (Å²) in [5.74, 6) is 1.02. The van der Waals surface area contributed by atoms with Gasteiger partial charge in [0.15, 0.2) is 0 Å². The molecule has 1 aliphatic heterocycles. The molecule has 0 spiro atoms. The van der Waals surface area contributed by atoms with E-state index >= 15 is 0 Å². The van der Waals surface area contributed by atoms with Gasteiger partial charge in [-0.1, -0.05) is 19.1 Å². The number of fused-ring (bicyclic) bond motifs is 2. The van der Waals surface area contributed by atoms with Crippen LogP contribution in [0.4, 0.5) is 5.82 Å². The van der Waals surface area contributed by atoms with E-state index in [-0.39, 0.29) is 17.6 Å². The molecule has 2 aliphatic carbocycles. The Bertz CT molecular complexity index is 1040. The van der Waals surface area contributed by atoms with Gasteiger partial charge < -0.3 is 20.3 Å². The van der Waals surface area contributed by atoms with Crippen molar-refractivity contribution in [3.63, 3.8) is 0 Å². The van der Waals surface area contributed by atoms with Crippen molar-refractivity contribution < 1.29 is 9.90 Å². The minimum absolute atomic E-state index is 0.0643. The standard InChI is InChI=1S/C21H24N4O3/c1-11-2-5-17(22)15-9-24(8-14(11)15)19-6-18-13(7-23-19)20(26)16(21(27)28)10-25(18)12-3-4-12/h2,5-7,10-12,14-15,17H,3-4,8-9,22H2,1H3,(H,27,28)/t11-,14-,15-,17+/m0/s1. The SMILES string of the molecule is C[C@H]1C=C[C@@H](N)[C@H]2CN(c3cc4c(cn3)c(=O)c(C(=O)O)cn4C3CC3)C[C@H]21. The van der Waals surface area contributed by atoms with Crippen LogP contribution in [0.15, 0.2) is 35.4 Å². The summed E-state index contributed by atoms with van der Waals surface area (Å²) in [4.78, 5) is 30.9. The van der Waals surface area contributed by atoms with Crippen LogP contribution in [-0.4, -0.2) is 39.8 Å². The number of pyridine rings is 2. The second kappa shape index (κ2) is 6.17. The van der Waals surface area contributed by atoms with Gasteiger partial charge in [-0.05, 0) is 24.7 Å². The number of aromatic carboxylic acids is 1. The van der Waals surface area contributed by atoms with Crippen LogP contribution in [0.1, 0.15) is 36.2 Å². The van der Waals surface area contributed by atoms with Crippen LogP contribution in [0.3, 0.4) is 0 Å². The van der Waals surface area contributed by atoms with Crippen molar-refractivity contribution in [2.45, 2.75) is 31.8 Å². The molecule has 0 aromatic carbocycles. The first-order valence-electron chi connectivity index (χ1n) is 9.91. The van der Waals surface area contributed by atoms with Crippen molar-refractivity contribution in [2.24, 2.45) is 23.5 Å². The lowest BCUT2D eigenvalue weighted by molar-refractivity contribution is 0.0695. The normalized spacial score (nSPS) is 29.3. The van der Waals surface area contributed by atoms with E-state index in [1.807, 2.05) is 10.6 Å². The third-order valence-electron chi connectivity index (χ3n) is 6.62. The second-order valence-corrected chi connectivity index (χ2v) is 8.43. The lowest BCUT2D eigenvalue weighted by Gasteiger charge is -2.30. The smallest absolute Gasteiger partial charge is 0.341 e. The highest BCUT2D eigenvalue weighted by molar-refractivity contribution is 5.93. The summed E-state index contributed by atoms with van der Waals surface area (Å²) >= 11 is 0. The van der Waals surface area contributed by atoms with Crippen LogP contribution in [0.5, 0.6) is 0 Å². The summed E-state index contributed by atoms with van der Waals surface area (Å²) in [5, 5.41) is 9.76. The summed E-state index contributed by atoms with van der Waals surface area (Å²) in [6, 6.07) is 2.27. The Morgan fingerprint density at radius 1 is 1.25 bits per heavy atom. The van der Waals surface area contributed by atoms with Crippen molar-refractivity contribution in [1.29, 1.82) is 0 Å². The van der Waals surface area contributed by atoms with Crippen molar-refractivity contribution in [3.8, 4) is 0 Å². The van der Waals surface area contributed by atoms with E-state index in [4.69, 9.17) is 5.73 Å². The molecule has 3 aliphatic rings. The Morgan fingerprint density at radius 3 is 2.68 bits per heavy atom. The highest BCUT2D eigenvalue weighted by Crippen LogP contribution is 2.39. The van der Waals surface area contributed by atoms with E-state index in [1.54, 1.807) is 6.20 Å². The summed E-state index contributed by atoms with van der Waals surface area (Å²) < 4.78 is 1.95. The van der Waals surface area contributed by atoms with Gasteiger partial charge in [0.2, 0.25) is 5.43 Å². The molecule has 3 N–H and O–H groups in total. The van der Waals surface area contributed by atoms with E-state index in [2.05, 4.69) is 29.0 Å². The monoisotopic (exact) mass is 380 g/mol. The van der Waals surface area contributed by atoms with Gasteiger partial charge in [0.05, 0.1) is 10.9 Å². The number of nitrogens with two attached hydrogens (primary N) is 1. The molecule has 3 heterocycles. The van der Waals surface area contributed by atoms with Crippen LogP contribution in [0.25, 0.3) is 10.9 Å². The van der Waals surface area contributed by atoms with Crippen molar-refractivity contribution in [2.75, 3.05) is 18.0 Å². The Morgan fingerprint density at radius 2 is 2.00 bits per heavy atom. The Balaban J connectivity index is 1.57. The van der Waals surface area contributed by atoms with Crippen molar-refractivity contribution in [3.05, 3.63) is 46.4 Å². The fourth-order valence-electron chi connectivity index (χ4n) is 4.81. The van der Waals surface area contributed by atoms with E-state index in [1.165, 1.54) is 6.20 Å². The molecule has 0 bridgehead atoms. The predicted molar refractivity (Wildman–Crippen MR) is 107 cm³/mol. The molecule has 0 amide bonds. The Labute approximate surface area is 162 Å². The van der Waals surface area contributed by atoms with Gasteiger partial charge in [-0.25, -0.2) is 9.78 Å². The fourth-order valence-corrected chi connectivity index (χ4v) is 4.81. The molecular weight excluding hydrogens is 356 g/mol. The molecule has 1 saturated carbocycles. The Hall–Kier alpha value is -2.67. The van der Waals surface area contributed by atoms with Crippen LogP contribution >= 0.6 is 0 Å². The minimum Gasteiger partial charge on any atom is -0.477 e. The van der Waals surface area contributed by atoms with Crippen molar-refractivity contribution >= 4 is 22.7 Å². The zero-order valence-corrected chi connectivity index (χ0v) is 15.8. The quantitative estimate of drug-likeness (QED) is 0.790. The molecule has 4 atom stereocenters. The van der Waals surface area contributed by atoms with Gasteiger partial charge in [0.1, 0.15) is 11.4 Å². The molecule has 7 heteroatoms. The predicted octanol–water partition coefficient (Wildman–Crippen LogP) is 2.02. The number of hydrogen-bond acceptors (Lipinski definition) is 5. The number of hydrogen-bond donors (Lipinski definition) is 2. The van der Waals surface area contributed by atoms with Crippen LogP contribution in [0.2, 0.25) is 0 Å². The van der Waals surface area contributed by atoms with Gasteiger partial charge in [-0.15, -0.1) is 0 Å². The molecule has 5 rings (SSSR count). The number of rotatable bonds is 3. The Kier molecular flexibility index (Phi) is 3.84. The highest BCUT2D eigenvalue weighted by Gasteiger charge is 2.40. The number of carboxylic acids is 1. The first-order valence-corrected chi connectivity index (χ1v) is 9.91. The van der Waals surface area contributed by atoms with E-state index in [9.17, 15) is 14.7 Å². The first kappa shape index (κ1) is 17.4. The average molecular weight is 380 g/mol. The zero-order chi connectivity index (χ0) is 19.6. The molecule has 146 valence electrons. The molecular formula is C21H24N4O3. The number of carbonyl (C=O) groups is 1. The molecule has 2 fully saturated rings. The van der Waals surface area contributed by atoms with Crippen LogP contribution in [-0.2, 0) is 0 Å². The molecule has 1 saturated heterocycles. The fraction of sp³-hybridized carbons (Fsp3) is 0.476. The van der Waals surface area contributed by atoms with E-state index in [0.717, 1.165) is 37.3 Å². The van der Waals surface area contributed by atoms with Gasteiger partial charge in [-0.3, -0.25) is 4.79 Å². The topological polar surface area (TPSA) is 101 Å². The third-order valence-corrected chi connectivity index (χ3v) is 6.62. The number of nitrogens with zero attached hydrogens (tertiary/aromatic N) is 3. The molecule has 0 unspecified atom stereocenters. The first-order chi connectivity index (χ1) is 13.4. The molecule has 2 aromatic rings. The maximum Gasteiger partial charge on any atom is 0.341 e. The van der Waals surface area contributed by atoms with Gasteiger partial charge in [0, 0.05) is 49.6 Å². The largest absolute Gasteiger partial charge is 0.477 e. The molecule has 28 heavy (non-hydrogen) atoms. The lowest BCUT2D eigenvalue weighted by Crippen LogP contribution is -2.38. The minimum atomic E-state index is -1.19. The number of allylic oxidation sites excluding steroid dienone is 1. The molecule has 0 radical (unpaired) electrons. The maximum atomic E-state index is 12.6. The lowest BCUT2D eigenvalue weighted by atomic mass is 9.77. The van der Waals surface area contributed by atoms with Crippen molar-refractivity contribution in [1.82, 2.24) is 9.55 Å². The number of anilines is 1. The molecule has 2 aromatic heterocycles. The summed E-state index contributed by atoms with van der Waals surface area (Å²) in [6.45, 7) is 3.97. The van der Waals surface area contributed by atoms with Gasteiger partial charge in [-0.2, -0.15) is 0 Å². The van der Waals surface area contributed by atoms with Crippen LogP contribution in [0, 0.1) is 17.8 Å². The van der Waals surface area contributed by atoms with Gasteiger partial charge in [0.25, 0.3) is 0 Å². The summed E-state index contributed by atoms with van der Waals surface area (Å²) in [5.41, 5.74) is 6.43. The number of aromatic nitrogens is 2. The summed E-state index contributed by atoms with van der Waals surface area (Å²) in [7, 11) is 0. The van der Waals surface area contributed by atoms with E-state index < -0.39 is 11.4 Å². The van der Waals surface area contributed by atoms with Gasteiger partial charge >= 0.3 is 5.97 Å². The maximum absolute atomic E-state index is 12.6. The molecule has 7 nitrogen and oxygen atoms in total. The summed E-state index contributed by atoms with van der Waals surface area (Å²) in [6.07, 6.45) is 9.37.